The van der Waals surface area contributed by atoms with Gasteiger partial charge < -0.3 is 10.2 Å². The molecule has 7 heteroatoms. The lowest BCUT2D eigenvalue weighted by Crippen LogP contribution is -2.50. The van der Waals surface area contributed by atoms with Crippen LogP contribution in [0, 0.1) is 0 Å². The molecule has 1 atom stereocenters. The molecule has 0 radical (unpaired) electrons. The van der Waals surface area contributed by atoms with Crippen molar-refractivity contribution in [2.45, 2.75) is 39.2 Å². The minimum atomic E-state index is -0.225. The van der Waals surface area contributed by atoms with E-state index in [1.807, 2.05) is 18.2 Å². The zero-order chi connectivity index (χ0) is 21.8. The summed E-state index contributed by atoms with van der Waals surface area (Å²) in [5.41, 5.74) is 1.61. The maximum atomic E-state index is 13.7. The number of carbonyl (C=O) groups excluding carboxylic acids is 2. The summed E-state index contributed by atoms with van der Waals surface area (Å²) in [5, 5.41) is 2.90. The maximum absolute atomic E-state index is 13.7. The van der Waals surface area contributed by atoms with Crippen LogP contribution in [0.15, 0.2) is 42.6 Å². The van der Waals surface area contributed by atoms with Gasteiger partial charge in [-0.2, -0.15) is 0 Å². The molecule has 2 amide bonds. The quantitative estimate of drug-likeness (QED) is 0.773. The van der Waals surface area contributed by atoms with E-state index in [1.54, 1.807) is 29.3 Å². The summed E-state index contributed by atoms with van der Waals surface area (Å²) < 4.78 is 0. The highest BCUT2D eigenvalue weighted by atomic mass is 16.2. The molecule has 2 aliphatic rings. The van der Waals surface area contributed by atoms with E-state index in [0.717, 1.165) is 39.0 Å². The van der Waals surface area contributed by atoms with E-state index in [9.17, 15) is 9.59 Å². The van der Waals surface area contributed by atoms with E-state index in [-0.39, 0.29) is 11.8 Å². The SMILES string of the molecule is CCN(CC)C[C@H]1CCCCN1CC(=O)N1c2ccccc2C(=O)Nc2cccnc21. The van der Waals surface area contributed by atoms with Crippen LogP contribution in [-0.4, -0.2) is 65.4 Å². The van der Waals surface area contributed by atoms with Crippen LogP contribution in [-0.2, 0) is 4.79 Å². The Morgan fingerprint density at radius 1 is 1.16 bits per heavy atom. The Labute approximate surface area is 184 Å². The largest absolute Gasteiger partial charge is 0.319 e. The fraction of sp³-hybridized carbons (Fsp3) is 0.458. The third kappa shape index (κ3) is 4.48. The van der Waals surface area contributed by atoms with Crippen LogP contribution >= 0.6 is 0 Å². The van der Waals surface area contributed by atoms with E-state index in [2.05, 4.69) is 33.9 Å². The highest BCUT2D eigenvalue weighted by Crippen LogP contribution is 2.36. The number of para-hydroxylation sites is 1. The first kappa shape index (κ1) is 21.5. The molecule has 164 valence electrons. The molecule has 1 N–H and O–H groups in total. The van der Waals surface area contributed by atoms with Gasteiger partial charge >= 0.3 is 0 Å². The minimum absolute atomic E-state index is 0.0599. The number of fused-ring (bicyclic) bond motifs is 2. The molecule has 7 nitrogen and oxygen atoms in total. The van der Waals surface area contributed by atoms with Crippen molar-refractivity contribution in [3.63, 3.8) is 0 Å². The number of amides is 2. The van der Waals surface area contributed by atoms with Crippen molar-refractivity contribution < 1.29 is 9.59 Å². The van der Waals surface area contributed by atoms with Gasteiger partial charge in [-0.1, -0.05) is 32.4 Å². The van der Waals surface area contributed by atoms with Gasteiger partial charge in [0.15, 0.2) is 5.82 Å². The van der Waals surface area contributed by atoms with Gasteiger partial charge in [0.1, 0.15) is 0 Å². The molecule has 4 rings (SSSR count). The van der Waals surface area contributed by atoms with E-state index < -0.39 is 0 Å². The Balaban J connectivity index is 1.64. The molecule has 31 heavy (non-hydrogen) atoms. The number of nitrogens with one attached hydrogen (secondary N) is 1. The molecule has 1 saturated heterocycles. The lowest BCUT2D eigenvalue weighted by atomic mass is 10.0. The number of likely N-dealkylation sites (tertiary alicyclic amines) is 1. The molecule has 3 heterocycles. The highest BCUT2D eigenvalue weighted by molar-refractivity contribution is 6.17. The van der Waals surface area contributed by atoms with E-state index in [1.165, 1.54) is 6.42 Å². The van der Waals surface area contributed by atoms with Crippen LogP contribution in [0.5, 0.6) is 0 Å². The average Bonchev–Trinajstić information content (AvgIpc) is 2.92. The Hall–Kier alpha value is -2.77. The van der Waals surface area contributed by atoms with E-state index >= 15 is 0 Å². The molecule has 0 unspecified atom stereocenters. The predicted octanol–water partition coefficient (Wildman–Crippen LogP) is 3.51. The van der Waals surface area contributed by atoms with E-state index in [4.69, 9.17) is 0 Å². The summed E-state index contributed by atoms with van der Waals surface area (Å²) in [4.78, 5) is 37.3. The van der Waals surface area contributed by atoms with Gasteiger partial charge in [0, 0.05) is 18.8 Å². The number of hydrogen-bond acceptors (Lipinski definition) is 5. The van der Waals surface area contributed by atoms with Crippen LogP contribution in [0.3, 0.4) is 0 Å². The molecule has 0 aliphatic carbocycles. The second-order valence-corrected chi connectivity index (χ2v) is 8.18. The molecule has 1 aromatic heterocycles. The van der Waals surface area contributed by atoms with Crippen molar-refractivity contribution in [3.8, 4) is 0 Å². The fourth-order valence-corrected chi connectivity index (χ4v) is 4.59. The fourth-order valence-electron chi connectivity index (χ4n) is 4.59. The van der Waals surface area contributed by atoms with Crippen molar-refractivity contribution in [2.24, 2.45) is 0 Å². The molecular weight excluding hydrogens is 390 g/mol. The third-order valence-corrected chi connectivity index (χ3v) is 6.34. The van der Waals surface area contributed by atoms with Crippen molar-refractivity contribution in [1.82, 2.24) is 14.8 Å². The molecule has 2 aliphatic heterocycles. The third-order valence-electron chi connectivity index (χ3n) is 6.34. The molecule has 2 aromatic rings. The van der Waals surface area contributed by atoms with Gasteiger partial charge in [0.2, 0.25) is 5.91 Å². The predicted molar refractivity (Wildman–Crippen MR) is 123 cm³/mol. The Morgan fingerprint density at radius 2 is 1.97 bits per heavy atom. The zero-order valence-corrected chi connectivity index (χ0v) is 18.4. The van der Waals surface area contributed by atoms with Gasteiger partial charge in [0.25, 0.3) is 5.91 Å². The summed E-state index contributed by atoms with van der Waals surface area (Å²) >= 11 is 0. The first-order valence-electron chi connectivity index (χ1n) is 11.3. The van der Waals surface area contributed by atoms with Crippen molar-refractivity contribution >= 4 is 29.0 Å². The second kappa shape index (κ2) is 9.58. The van der Waals surface area contributed by atoms with Gasteiger partial charge in [-0.25, -0.2) is 4.98 Å². The number of rotatable bonds is 6. The van der Waals surface area contributed by atoms with Crippen LogP contribution in [0.4, 0.5) is 17.2 Å². The Kier molecular flexibility index (Phi) is 6.63. The Bertz CT molecular complexity index is 943. The van der Waals surface area contributed by atoms with Crippen LogP contribution in [0.2, 0.25) is 0 Å². The van der Waals surface area contributed by atoms with E-state index in [0.29, 0.717) is 35.3 Å². The molecule has 0 spiro atoms. The molecule has 1 fully saturated rings. The zero-order valence-electron chi connectivity index (χ0n) is 18.4. The summed E-state index contributed by atoms with van der Waals surface area (Å²) in [6, 6.07) is 11.2. The van der Waals surface area contributed by atoms with Crippen LogP contribution < -0.4 is 10.2 Å². The summed E-state index contributed by atoms with van der Waals surface area (Å²) in [6.07, 6.45) is 5.07. The highest BCUT2D eigenvalue weighted by Gasteiger charge is 2.33. The number of pyridine rings is 1. The number of anilines is 3. The lowest BCUT2D eigenvalue weighted by molar-refractivity contribution is -0.120. The molecule has 0 bridgehead atoms. The average molecular weight is 422 g/mol. The lowest BCUT2D eigenvalue weighted by Gasteiger charge is -2.38. The standard InChI is InChI=1S/C24H31N5O2/c1-3-27(4-2)16-18-10-7-8-15-28(18)17-22(30)29-21-13-6-5-11-19(21)24(31)26-20-12-9-14-25-23(20)29/h5-6,9,11-14,18H,3-4,7-8,10,15-17H2,1-2H3,(H,26,31)/t18-/m1/s1. The van der Waals surface area contributed by atoms with Gasteiger partial charge in [-0.05, 0) is 56.7 Å². The number of benzene rings is 1. The second-order valence-electron chi connectivity index (χ2n) is 8.18. The normalized spacial score (nSPS) is 18.9. The van der Waals surface area contributed by atoms with Gasteiger partial charge in [-0.3, -0.25) is 19.4 Å². The van der Waals surface area contributed by atoms with Gasteiger partial charge in [0.05, 0.1) is 23.5 Å². The number of piperidine rings is 1. The number of carbonyl (C=O) groups is 2. The smallest absolute Gasteiger partial charge is 0.257 e. The number of hydrogen-bond donors (Lipinski definition) is 1. The monoisotopic (exact) mass is 421 g/mol. The van der Waals surface area contributed by atoms with Gasteiger partial charge in [-0.15, -0.1) is 0 Å². The summed E-state index contributed by atoms with van der Waals surface area (Å²) in [6.45, 7) is 8.60. The first-order chi connectivity index (χ1) is 15.1. The molecule has 0 saturated carbocycles. The number of nitrogens with zero attached hydrogens (tertiary/aromatic N) is 4. The van der Waals surface area contributed by atoms with Crippen LogP contribution in [0.25, 0.3) is 0 Å². The minimum Gasteiger partial charge on any atom is -0.319 e. The maximum Gasteiger partial charge on any atom is 0.257 e. The van der Waals surface area contributed by atoms with Crippen LogP contribution in [0.1, 0.15) is 43.5 Å². The Morgan fingerprint density at radius 3 is 2.77 bits per heavy atom. The number of aromatic nitrogens is 1. The van der Waals surface area contributed by atoms with Crippen molar-refractivity contribution in [3.05, 3.63) is 48.2 Å². The summed E-state index contributed by atoms with van der Waals surface area (Å²) in [7, 11) is 0. The first-order valence-corrected chi connectivity index (χ1v) is 11.3. The summed E-state index contributed by atoms with van der Waals surface area (Å²) in [5.74, 6) is 0.191. The topological polar surface area (TPSA) is 68.8 Å². The van der Waals surface area contributed by atoms with Crippen molar-refractivity contribution in [1.29, 1.82) is 0 Å². The molecule has 1 aromatic carbocycles. The number of likely N-dealkylation sites (N-methyl/N-ethyl adjacent to an activating group) is 1. The van der Waals surface area contributed by atoms with Crippen molar-refractivity contribution in [2.75, 3.05) is 42.9 Å². The molecular formula is C24H31N5O2.